The molecule has 0 saturated carbocycles. The topological polar surface area (TPSA) is 96.3 Å². The Labute approximate surface area is 185 Å². The van der Waals surface area contributed by atoms with E-state index in [1.54, 1.807) is 15.6 Å². The van der Waals surface area contributed by atoms with Gasteiger partial charge in [-0.1, -0.05) is 6.07 Å². The highest BCUT2D eigenvalue weighted by atomic mass is 35.5. The zero-order valence-electron chi connectivity index (χ0n) is 16.4. The molecule has 3 heterocycles. The quantitative estimate of drug-likeness (QED) is 0.521. The number of carbonyl (C=O) groups excluding carboxylic acids is 1. The normalized spacial score (nSPS) is 16.3. The van der Waals surface area contributed by atoms with Crippen LogP contribution in [0.15, 0.2) is 35.8 Å². The predicted molar refractivity (Wildman–Crippen MR) is 123 cm³/mol. The van der Waals surface area contributed by atoms with E-state index in [1.165, 1.54) is 5.56 Å². The standard InChI is InChI=1S/C21H24ClN3O3S2/c22-5-9-30(27,28)25-6-3-14(4-7-25)18-13-24-21-16(12-20(23)26)10-15(11-17(18)21)19-2-1-8-29-19/h1-2,8,10-11,13-14,24H,3-7,9,12H2,(H2,23,26). The Bertz CT molecular complexity index is 1150. The first-order valence-corrected chi connectivity index (χ1v) is 12.9. The maximum Gasteiger partial charge on any atom is 0.221 e. The molecule has 1 amide bonds. The fourth-order valence-electron chi connectivity index (χ4n) is 4.25. The van der Waals surface area contributed by atoms with Gasteiger partial charge in [0.1, 0.15) is 0 Å². The summed E-state index contributed by atoms with van der Waals surface area (Å²) in [7, 11) is -3.28. The number of sulfonamides is 1. The van der Waals surface area contributed by atoms with Crippen LogP contribution < -0.4 is 5.73 Å². The van der Waals surface area contributed by atoms with Crippen molar-refractivity contribution in [1.29, 1.82) is 0 Å². The molecule has 1 aliphatic rings. The minimum atomic E-state index is -3.28. The highest BCUT2D eigenvalue weighted by Crippen LogP contribution is 2.38. The average Bonchev–Trinajstić information content (AvgIpc) is 3.38. The van der Waals surface area contributed by atoms with Crippen molar-refractivity contribution in [2.24, 2.45) is 5.73 Å². The second-order valence-corrected chi connectivity index (χ2v) is 11.0. The fourth-order valence-corrected chi connectivity index (χ4v) is 6.77. The van der Waals surface area contributed by atoms with Gasteiger partial charge in [0, 0.05) is 40.9 Å². The number of H-pyrrole nitrogens is 1. The molecule has 0 atom stereocenters. The van der Waals surface area contributed by atoms with E-state index in [1.807, 2.05) is 23.7 Å². The van der Waals surface area contributed by atoms with E-state index in [2.05, 4.69) is 17.1 Å². The van der Waals surface area contributed by atoms with Crippen LogP contribution in [-0.4, -0.2) is 48.3 Å². The Morgan fingerprint density at radius 2 is 2.07 bits per heavy atom. The second-order valence-electron chi connectivity index (χ2n) is 7.60. The summed E-state index contributed by atoms with van der Waals surface area (Å²) in [6, 6.07) is 8.26. The SMILES string of the molecule is NC(=O)Cc1cc(-c2cccs2)cc2c(C3CCN(S(=O)(=O)CCCl)CC3)c[nH]c12. The number of nitrogens with one attached hydrogen (secondary N) is 1. The molecule has 160 valence electrons. The van der Waals surface area contributed by atoms with Crippen LogP contribution in [0, 0.1) is 0 Å². The van der Waals surface area contributed by atoms with E-state index < -0.39 is 10.0 Å². The maximum atomic E-state index is 12.3. The lowest BCUT2D eigenvalue weighted by atomic mass is 9.89. The number of halogens is 1. The number of aromatic nitrogens is 1. The van der Waals surface area contributed by atoms with Gasteiger partial charge in [-0.3, -0.25) is 4.79 Å². The summed E-state index contributed by atoms with van der Waals surface area (Å²) in [5.41, 5.74) is 9.55. The Balaban J connectivity index is 1.67. The minimum Gasteiger partial charge on any atom is -0.369 e. The Kier molecular flexibility index (Phi) is 6.20. The van der Waals surface area contributed by atoms with E-state index >= 15 is 0 Å². The smallest absolute Gasteiger partial charge is 0.221 e. The zero-order valence-corrected chi connectivity index (χ0v) is 18.8. The summed E-state index contributed by atoms with van der Waals surface area (Å²) in [6.45, 7) is 0.991. The average molecular weight is 466 g/mol. The molecule has 2 aromatic heterocycles. The third-order valence-corrected chi connectivity index (χ3v) is 8.90. The summed E-state index contributed by atoms with van der Waals surface area (Å²) < 4.78 is 26.2. The summed E-state index contributed by atoms with van der Waals surface area (Å²) in [6.07, 6.45) is 3.68. The first-order chi connectivity index (χ1) is 14.4. The van der Waals surface area contributed by atoms with Crippen LogP contribution in [0.4, 0.5) is 0 Å². The molecule has 4 rings (SSSR count). The second kappa shape index (κ2) is 8.70. The molecule has 0 bridgehead atoms. The number of alkyl halides is 1. The number of fused-ring (bicyclic) bond motifs is 1. The fraction of sp³-hybridized carbons (Fsp3) is 0.381. The maximum absolute atomic E-state index is 12.3. The molecule has 0 aliphatic carbocycles. The zero-order chi connectivity index (χ0) is 21.3. The third-order valence-electron chi connectivity index (χ3n) is 5.70. The number of primary amides is 1. The van der Waals surface area contributed by atoms with Crippen molar-refractivity contribution < 1.29 is 13.2 Å². The van der Waals surface area contributed by atoms with Crippen molar-refractivity contribution in [3.05, 3.63) is 47.0 Å². The number of piperidine rings is 1. The summed E-state index contributed by atoms with van der Waals surface area (Å²) in [5.74, 6) is -0.0268. The number of nitrogens with zero attached hydrogens (tertiary/aromatic N) is 1. The number of amides is 1. The monoisotopic (exact) mass is 465 g/mol. The van der Waals surface area contributed by atoms with Crippen molar-refractivity contribution >= 4 is 49.8 Å². The first-order valence-electron chi connectivity index (χ1n) is 9.89. The van der Waals surface area contributed by atoms with Crippen LogP contribution in [0.3, 0.4) is 0 Å². The molecule has 1 fully saturated rings. The van der Waals surface area contributed by atoms with Crippen LogP contribution >= 0.6 is 22.9 Å². The molecule has 0 unspecified atom stereocenters. The largest absolute Gasteiger partial charge is 0.369 e. The highest BCUT2D eigenvalue weighted by Gasteiger charge is 2.29. The number of aromatic amines is 1. The lowest BCUT2D eigenvalue weighted by molar-refractivity contribution is -0.117. The third kappa shape index (κ3) is 4.27. The molecule has 0 spiro atoms. The van der Waals surface area contributed by atoms with Crippen LogP contribution in [0.1, 0.15) is 29.9 Å². The summed E-state index contributed by atoms with van der Waals surface area (Å²) in [4.78, 5) is 16.1. The van der Waals surface area contributed by atoms with Gasteiger partial charge in [-0.15, -0.1) is 22.9 Å². The van der Waals surface area contributed by atoms with Gasteiger partial charge < -0.3 is 10.7 Å². The molecule has 0 radical (unpaired) electrons. The minimum absolute atomic E-state index is 0.0209. The molecular formula is C21H24ClN3O3S2. The van der Waals surface area contributed by atoms with Crippen molar-refractivity contribution in [3.8, 4) is 10.4 Å². The van der Waals surface area contributed by atoms with Gasteiger partial charge >= 0.3 is 0 Å². The number of benzene rings is 1. The van der Waals surface area contributed by atoms with Gasteiger partial charge in [0.05, 0.1) is 12.2 Å². The van der Waals surface area contributed by atoms with Gasteiger partial charge in [0.2, 0.25) is 15.9 Å². The lowest BCUT2D eigenvalue weighted by Gasteiger charge is -2.31. The number of rotatable bonds is 7. The van der Waals surface area contributed by atoms with Crippen molar-refractivity contribution in [2.45, 2.75) is 25.2 Å². The first kappa shape index (κ1) is 21.4. The molecule has 3 aromatic rings. The Hall–Kier alpha value is -1.87. The molecule has 30 heavy (non-hydrogen) atoms. The van der Waals surface area contributed by atoms with Crippen LogP contribution in [0.5, 0.6) is 0 Å². The number of thiophene rings is 1. The Morgan fingerprint density at radius 3 is 2.70 bits per heavy atom. The number of hydrogen-bond donors (Lipinski definition) is 2. The molecule has 1 aliphatic heterocycles. The van der Waals surface area contributed by atoms with Gasteiger partial charge in [-0.2, -0.15) is 0 Å². The number of carbonyl (C=O) groups is 1. The number of hydrogen-bond acceptors (Lipinski definition) is 4. The van der Waals surface area contributed by atoms with Crippen LogP contribution in [0.25, 0.3) is 21.3 Å². The van der Waals surface area contributed by atoms with E-state index in [9.17, 15) is 13.2 Å². The van der Waals surface area contributed by atoms with E-state index in [4.69, 9.17) is 17.3 Å². The van der Waals surface area contributed by atoms with E-state index in [0.717, 1.165) is 39.7 Å². The van der Waals surface area contributed by atoms with Crippen LogP contribution in [-0.2, 0) is 21.2 Å². The molecule has 6 nitrogen and oxygen atoms in total. The molecular weight excluding hydrogens is 442 g/mol. The summed E-state index contributed by atoms with van der Waals surface area (Å²) in [5, 5.41) is 3.11. The number of nitrogens with two attached hydrogens (primary N) is 1. The predicted octanol–water partition coefficient (Wildman–Crippen LogP) is 3.67. The molecule has 3 N–H and O–H groups in total. The van der Waals surface area contributed by atoms with Gasteiger partial charge in [-0.25, -0.2) is 12.7 Å². The van der Waals surface area contributed by atoms with Crippen molar-refractivity contribution in [1.82, 2.24) is 9.29 Å². The molecule has 1 saturated heterocycles. The lowest BCUT2D eigenvalue weighted by Crippen LogP contribution is -2.39. The van der Waals surface area contributed by atoms with Crippen molar-refractivity contribution in [3.63, 3.8) is 0 Å². The van der Waals surface area contributed by atoms with E-state index in [0.29, 0.717) is 13.1 Å². The van der Waals surface area contributed by atoms with Crippen LogP contribution in [0.2, 0.25) is 0 Å². The molecule has 9 heteroatoms. The van der Waals surface area contributed by atoms with Gasteiger partial charge in [0.15, 0.2) is 0 Å². The van der Waals surface area contributed by atoms with Crippen molar-refractivity contribution in [2.75, 3.05) is 24.7 Å². The summed E-state index contributed by atoms with van der Waals surface area (Å²) >= 11 is 7.30. The van der Waals surface area contributed by atoms with Gasteiger partial charge in [0.25, 0.3) is 0 Å². The Morgan fingerprint density at radius 1 is 1.30 bits per heavy atom. The van der Waals surface area contributed by atoms with E-state index in [-0.39, 0.29) is 29.9 Å². The highest BCUT2D eigenvalue weighted by molar-refractivity contribution is 7.89. The van der Waals surface area contributed by atoms with Gasteiger partial charge in [-0.05, 0) is 59.0 Å². The molecule has 1 aromatic carbocycles.